The third-order valence-electron chi connectivity index (χ3n) is 2.84. The summed E-state index contributed by atoms with van der Waals surface area (Å²) >= 11 is 0. The van der Waals surface area contributed by atoms with E-state index in [0.717, 1.165) is 5.56 Å². The van der Waals surface area contributed by atoms with Crippen molar-refractivity contribution in [3.05, 3.63) is 29.6 Å². The van der Waals surface area contributed by atoms with Crippen LogP contribution in [-0.2, 0) is 9.53 Å². The fourth-order valence-electron chi connectivity index (χ4n) is 1.68. The van der Waals surface area contributed by atoms with Crippen LogP contribution in [0.5, 0.6) is 5.75 Å². The Balaban J connectivity index is 2.43. The molecule has 19 heavy (non-hydrogen) atoms. The third-order valence-corrected chi connectivity index (χ3v) is 2.84. The summed E-state index contributed by atoms with van der Waals surface area (Å²) in [4.78, 5) is 11.3. The molecule has 0 spiro atoms. The number of methoxy groups -OCH3 is 1. The van der Waals surface area contributed by atoms with Gasteiger partial charge in [0.2, 0.25) is 0 Å². The second-order valence-electron chi connectivity index (χ2n) is 4.79. The molecule has 4 nitrogen and oxygen atoms in total. The van der Waals surface area contributed by atoms with Gasteiger partial charge >= 0.3 is 5.97 Å². The second-order valence-corrected chi connectivity index (χ2v) is 4.79. The molecule has 0 aromatic heterocycles. The number of aryl methyl sites for hydroxylation is 1. The van der Waals surface area contributed by atoms with Crippen LogP contribution in [0.25, 0.3) is 0 Å². The predicted molar refractivity (Wildman–Crippen MR) is 70.5 cm³/mol. The number of esters is 1. The number of hydrogen-bond acceptors (Lipinski definition) is 4. The molecule has 0 amide bonds. The van der Waals surface area contributed by atoms with Crippen molar-refractivity contribution in [3.63, 3.8) is 0 Å². The molecule has 1 aromatic carbocycles. The van der Waals surface area contributed by atoms with Crippen LogP contribution in [0.4, 0.5) is 4.39 Å². The van der Waals surface area contributed by atoms with Crippen LogP contribution >= 0.6 is 0 Å². The predicted octanol–water partition coefficient (Wildman–Crippen LogP) is 2.18. The van der Waals surface area contributed by atoms with Crippen molar-refractivity contribution in [2.24, 2.45) is 5.73 Å². The molecule has 1 atom stereocenters. The van der Waals surface area contributed by atoms with Crippen LogP contribution in [0.2, 0.25) is 0 Å². The SMILES string of the molecule is COC(=O)C(C)(N)CCCOc1cc(C)ccc1F. The maximum Gasteiger partial charge on any atom is 0.325 e. The van der Waals surface area contributed by atoms with E-state index in [1.807, 2.05) is 6.92 Å². The molecule has 0 radical (unpaired) electrons. The normalized spacial score (nSPS) is 13.7. The highest BCUT2D eigenvalue weighted by molar-refractivity contribution is 5.79. The van der Waals surface area contributed by atoms with Gasteiger partial charge in [0.25, 0.3) is 0 Å². The molecular formula is C14H20FNO3. The molecular weight excluding hydrogens is 249 g/mol. The van der Waals surface area contributed by atoms with Crippen LogP contribution in [0.15, 0.2) is 18.2 Å². The minimum atomic E-state index is -1.04. The fraction of sp³-hybridized carbons (Fsp3) is 0.500. The van der Waals surface area contributed by atoms with Crippen LogP contribution in [-0.4, -0.2) is 25.2 Å². The molecule has 0 saturated heterocycles. The molecule has 1 unspecified atom stereocenters. The summed E-state index contributed by atoms with van der Waals surface area (Å²) in [6.45, 7) is 3.76. The van der Waals surface area contributed by atoms with Crippen molar-refractivity contribution < 1.29 is 18.7 Å². The number of carbonyl (C=O) groups excluding carboxylic acids is 1. The summed E-state index contributed by atoms with van der Waals surface area (Å²) in [7, 11) is 1.30. The largest absolute Gasteiger partial charge is 0.491 e. The maximum absolute atomic E-state index is 13.4. The van der Waals surface area contributed by atoms with Crippen molar-refractivity contribution in [2.45, 2.75) is 32.2 Å². The Morgan fingerprint density at radius 2 is 2.16 bits per heavy atom. The standard InChI is InChI=1S/C14H20FNO3/c1-10-5-6-11(15)12(9-10)19-8-4-7-14(2,16)13(17)18-3/h5-6,9H,4,7-8,16H2,1-3H3. The minimum absolute atomic E-state index is 0.219. The van der Waals surface area contributed by atoms with Crippen molar-refractivity contribution in [3.8, 4) is 5.75 Å². The first kappa shape index (κ1) is 15.4. The molecule has 0 heterocycles. The monoisotopic (exact) mass is 269 g/mol. The number of hydrogen-bond donors (Lipinski definition) is 1. The summed E-state index contributed by atoms with van der Waals surface area (Å²) < 4.78 is 23.3. The van der Waals surface area contributed by atoms with Crippen LogP contribution in [0, 0.1) is 12.7 Å². The quantitative estimate of drug-likeness (QED) is 0.635. The molecule has 0 aliphatic carbocycles. The van der Waals surface area contributed by atoms with E-state index in [1.54, 1.807) is 19.1 Å². The number of rotatable bonds is 6. The Kier molecular flexibility index (Phi) is 5.30. The molecule has 2 N–H and O–H groups in total. The molecule has 0 saturated carbocycles. The van der Waals surface area contributed by atoms with Gasteiger partial charge in [-0.1, -0.05) is 6.07 Å². The highest BCUT2D eigenvalue weighted by Gasteiger charge is 2.28. The Hall–Kier alpha value is -1.62. The van der Waals surface area contributed by atoms with Gasteiger partial charge < -0.3 is 15.2 Å². The van der Waals surface area contributed by atoms with Gasteiger partial charge in [-0.3, -0.25) is 4.79 Å². The van der Waals surface area contributed by atoms with Gasteiger partial charge in [0, 0.05) is 0 Å². The van der Waals surface area contributed by atoms with Crippen molar-refractivity contribution >= 4 is 5.97 Å². The Morgan fingerprint density at radius 1 is 1.47 bits per heavy atom. The van der Waals surface area contributed by atoms with Gasteiger partial charge in [-0.25, -0.2) is 4.39 Å². The van der Waals surface area contributed by atoms with Crippen molar-refractivity contribution in [2.75, 3.05) is 13.7 Å². The van der Waals surface area contributed by atoms with Crippen LogP contribution in [0.1, 0.15) is 25.3 Å². The molecule has 5 heteroatoms. The van der Waals surface area contributed by atoms with Crippen LogP contribution < -0.4 is 10.5 Å². The highest BCUT2D eigenvalue weighted by Crippen LogP contribution is 2.19. The average Bonchev–Trinajstić information content (AvgIpc) is 2.37. The molecule has 0 fully saturated rings. The number of carbonyl (C=O) groups is 1. The van der Waals surface area contributed by atoms with E-state index in [-0.39, 0.29) is 5.75 Å². The lowest BCUT2D eigenvalue weighted by Crippen LogP contribution is -2.45. The highest BCUT2D eigenvalue weighted by atomic mass is 19.1. The minimum Gasteiger partial charge on any atom is -0.491 e. The van der Waals surface area contributed by atoms with E-state index in [4.69, 9.17) is 10.5 Å². The first-order chi connectivity index (χ1) is 8.86. The Bertz CT molecular complexity index is 446. The number of ether oxygens (including phenoxy) is 2. The van der Waals surface area contributed by atoms with Gasteiger partial charge in [-0.05, 0) is 44.4 Å². The Morgan fingerprint density at radius 3 is 2.79 bits per heavy atom. The summed E-state index contributed by atoms with van der Waals surface area (Å²) in [5.74, 6) is -0.639. The summed E-state index contributed by atoms with van der Waals surface area (Å²) in [5, 5.41) is 0. The summed E-state index contributed by atoms with van der Waals surface area (Å²) in [5.41, 5.74) is 5.69. The first-order valence-corrected chi connectivity index (χ1v) is 6.13. The smallest absolute Gasteiger partial charge is 0.325 e. The molecule has 106 valence electrons. The number of benzene rings is 1. The molecule has 0 bridgehead atoms. The van der Waals surface area contributed by atoms with E-state index >= 15 is 0 Å². The second kappa shape index (κ2) is 6.52. The summed E-state index contributed by atoms with van der Waals surface area (Å²) in [6, 6.07) is 4.68. The van der Waals surface area contributed by atoms with Gasteiger partial charge in [-0.15, -0.1) is 0 Å². The lowest BCUT2D eigenvalue weighted by Gasteiger charge is -2.21. The topological polar surface area (TPSA) is 61.5 Å². The summed E-state index contributed by atoms with van der Waals surface area (Å²) in [6.07, 6.45) is 0.947. The van der Waals surface area contributed by atoms with E-state index in [1.165, 1.54) is 13.2 Å². The van der Waals surface area contributed by atoms with Gasteiger partial charge in [0.1, 0.15) is 5.54 Å². The lowest BCUT2D eigenvalue weighted by atomic mass is 9.98. The van der Waals surface area contributed by atoms with Gasteiger partial charge in [0.05, 0.1) is 13.7 Å². The van der Waals surface area contributed by atoms with E-state index in [2.05, 4.69) is 4.74 Å². The number of nitrogens with two attached hydrogens (primary N) is 1. The Labute approximate surface area is 112 Å². The molecule has 1 rings (SSSR count). The lowest BCUT2D eigenvalue weighted by molar-refractivity contribution is -0.146. The average molecular weight is 269 g/mol. The maximum atomic E-state index is 13.4. The van der Waals surface area contributed by atoms with E-state index in [9.17, 15) is 9.18 Å². The number of halogens is 1. The van der Waals surface area contributed by atoms with E-state index < -0.39 is 17.3 Å². The third kappa shape index (κ3) is 4.52. The molecule has 0 aliphatic rings. The van der Waals surface area contributed by atoms with Crippen molar-refractivity contribution in [1.29, 1.82) is 0 Å². The molecule has 1 aromatic rings. The van der Waals surface area contributed by atoms with Gasteiger partial charge in [-0.2, -0.15) is 0 Å². The molecule has 0 aliphatic heterocycles. The van der Waals surface area contributed by atoms with Crippen LogP contribution in [0.3, 0.4) is 0 Å². The van der Waals surface area contributed by atoms with Crippen molar-refractivity contribution in [1.82, 2.24) is 0 Å². The zero-order chi connectivity index (χ0) is 14.5. The zero-order valence-electron chi connectivity index (χ0n) is 11.5. The van der Waals surface area contributed by atoms with Gasteiger partial charge in [0.15, 0.2) is 11.6 Å². The fourth-order valence-corrected chi connectivity index (χ4v) is 1.68. The van der Waals surface area contributed by atoms with E-state index in [0.29, 0.717) is 19.4 Å². The first-order valence-electron chi connectivity index (χ1n) is 6.13. The zero-order valence-corrected chi connectivity index (χ0v) is 11.5.